The molecule has 0 saturated carbocycles. The standard InChI is InChI=1S/C45H25N3OS2/c1-2-11-26(12-3-1)43-46-44(27-23-24-39-36(25-27)29-14-5-7-22-38(29)50-39)48-45(47-43)35-20-10-19-34-33-18-9-17-32(41(33)51-42(34)35)31-16-8-15-30-28-13-4-6-21-37(28)49-40(30)31/h1-25H. The summed E-state index contributed by atoms with van der Waals surface area (Å²) in [5.74, 6) is 1.97. The van der Waals surface area contributed by atoms with Crippen molar-refractivity contribution in [2.24, 2.45) is 0 Å². The van der Waals surface area contributed by atoms with E-state index < -0.39 is 0 Å². The lowest BCUT2D eigenvalue weighted by molar-refractivity contribution is 0.670. The fourth-order valence-corrected chi connectivity index (χ4v) is 9.80. The van der Waals surface area contributed by atoms with E-state index in [4.69, 9.17) is 19.4 Å². The van der Waals surface area contributed by atoms with E-state index >= 15 is 0 Å². The summed E-state index contributed by atoms with van der Waals surface area (Å²) in [5, 5.41) is 7.11. The van der Waals surface area contributed by atoms with Crippen LogP contribution in [0.25, 0.3) is 108 Å². The van der Waals surface area contributed by atoms with Crippen LogP contribution in [-0.2, 0) is 0 Å². The largest absolute Gasteiger partial charge is 0.455 e. The highest BCUT2D eigenvalue weighted by atomic mass is 32.1. The maximum Gasteiger partial charge on any atom is 0.165 e. The average Bonchev–Trinajstić information content (AvgIpc) is 3.89. The van der Waals surface area contributed by atoms with E-state index in [-0.39, 0.29) is 0 Å². The minimum atomic E-state index is 0.654. The number of hydrogen-bond acceptors (Lipinski definition) is 6. The van der Waals surface area contributed by atoms with Crippen LogP contribution in [0.4, 0.5) is 0 Å². The van der Waals surface area contributed by atoms with Crippen LogP contribution in [0.5, 0.6) is 0 Å². The molecule has 0 aliphatic carbocycles. The molecule has 0 fully saturated rings. The van der Waals surface area contributed by atoms with Gasteiger partial charge in [0, 0.05) is 78.9 Å². The Kier molecular flexibility index (Phi) is 6.26. The van der Waals surface area contributed by atoms with Gasteiger partial charge in [-0.1, -0.05) is 115 Å². The molecular weight excluding hydrogens is 663 g/mol. The van der Waals surface area contributed by atoms with Gasteiger partial charge in [0.1, 0.15) is 11.2 Å². The summed E-state index contributed by atoms with van der Waals surface area (Å²) in [5.41, 5.74) is 6.97. The van der Waals surface area contributed by atoms with Crippen molar-refractivity contribution in [3.8, 4) is 45.3 Å². The van der Waals surface area contributed by atoms with Crippen molar-refractivity contribution in [1.82, 2.24) is 15.0 Å². The van der Waals surface area contributed by atoms with Crippen LogP contribution in [0.1, 0.15) is 0 Å². The Morgan fingerprint density at radius 1 is 0.373 bits per heavy atom. The van der Waals surface area contributed by atoms with Crippen LogP contribution in [0.2, 0.25) is 0 Å². The zero-order valence-corrected chi connectivity index (χ0v) is 28.6. The molecule has 4 heterocycles. The Hall–Kier alpha value is -6.21. The molecule has 0 saturated heterocycles. The first kappa shape index (κ1) is 28.6. The van der Waals surface area contributed by atoms with E-state index in [1.165, 1.54) is 35.6 Å². The highest BCUT2D eigenvalue weighted by molar-refractivity contribution is 7.27. The molecule has 0 radical (unpaired) electrons. The van der Waals surface area contributed by atoms with Crippen LogP contribution in [-0.4, -0.2) is 15.0 Å². The van der Waals surface area contributed by atoms with Gasteiger partial charge >= 0.3 is 0 Å². The van der Waals surface area contributed by atoms with Gasteiger partial charge in [-0.2, -0.15) is 0 Å². The van der Waals surface area contributed by atoms with Gasteiger partial charge in [-0.3, -0.25) is 0 Å². The van der Waals surface area contributed by atoms with Gasteiger partial charge < -0.3 is 4.42 Å². The Labute approximate surface area is 299 Å². The van der Waals surface area contributed by atoms with Crippen molar-refractivity contribution >= 4 is 85.0 Å². The van der Waals surface area contributed by atoms with E-state index in [0.717, 1.165) is 54.5 Å². The molecule has 0 unspecified atom stereocenters. The molecule has 6 heteroatoms. The van der Waals surface area contributed by atoms with Crippen molar-refractivity contribution in [1.29, 1.82) is 0 Å². The number of benzene rings is 7. The molecular formula is C45H25N3OS2. The molecule has 0 aliphatic heterocycles. The zero-order chi connectivity index (χ0) is 33.5. The maximum atomic E-state index is 6.49. The Balaban J connectivity index is 1.13. The van der Waals surface area contributed by atoms with E-state index in [2.05, 4.69) is 121 Å². The maximum absolute atomic E-state index is 6.49. The third-order valence-corrected chi connectivity index (χ3v) is 12.2. The Bertz CT molecular complexity index is 3160. The predicted molar refractivity (Wildman–Crippen MR) is 215 cm³/mol. The smallest absolute Gasteiger partial charge is 0.165 e. The molecule has 4 aromatic heterocycles. The highest BCUT2D eigenvalue weighted by Gasteiger charge is 2.20. The lowest BCUT2D eigenvalue weighted by atomic mass is 10.00. The van der Waals surface area contributed by atoms with Crippen LogP contribution in [0, 0.1) is 0 Å². The molecule has 0 aliphatic rings. The number of furan rings is 1. The minimum absolute atomic E-state index is 0.654. The quantitative estimate of drug-likeness (QED) is 0.185. The predicted octanol–water partition coefficient (Wildman–Crippen LogP) is 13.2. The number of rotatable bonds is 4. The average molecular weight is 688 g/mol. The fourth-order valence-electron chi connectivity index (χ4n) is 7.37. The number of nitrogens with zero attached hydrogens (tertiary/aromatic N) is 3. The lowest BCUT2D eigenvalue weighted by Crippen LogP contribution is -2.00. The molecule has 0 spiro atoms. The van der Waals surface area contributed by atoms with Crippen molar-refractivity contribution in [3.63, 3.8) is 0 Å². The summed E-state index contributed by atoms with van der Waals surface area (Å²) in [4.78, 5) is 15.4. The Morgan fingerprint density at radius 3 is 1.82 bits per heavy atom. The number of para-hydroxylation sites is 2. The first-order chi connectivity index (χ1) is 25.3. The van der Waals surface area contributed by atoms with Crippen molar-refractivity contribution in [2.45, 2.75) is 0 Å². The van der Waals surface area contributed by atoms with Crippen LogP contribution in [0.15, 0.2) is 156 Å². The molecule has 7 aromatic carbocycles. The van der Waals surface area contributed by atoms with Gasteiger partial charge in [-0.15, -0.1) is 22.7 Å². The molecule has 11 aromatic rings. The van der Waals surface area contributed by atoms with Crippen molar-refractivity contribution < 1.29 is 4.42 Å². The van der Waals surface area contributed by atoms with Gasteiger partial charge in [-0.25, -0.2) is 15.0 Å². The molecule has 0 atom stereocenters. The summed E-state index contributed by atoms with van der Waals surface area (Å²) in [6.07, 6.45) is 0. The van der Waals surface area contributed by atoms with Crippen LogP contribution >= 0.6 is 22.7 Å². The highest BCUT2D eigenvalue weighted by Crippen LogP contribution is 2.46. The zero-order valence-electron chi connectivity index (χ0n) is 27.0. The second-order valence-corrected chi connectivity index (χ2v) is 14.8. The van der Waals surface area contributed by atoms with Crippen LogP contribution in [0.3, 0.4) is 0 Å². The number of hydrogen-bond donors (Lipinski definition) is 0. The number of aromatic nitrogens is 3. The normalized spacial score (nSPS) is 11.9. The lowest BCUT2D eigenvalue weighted by Gasteiger charge is -2.09. The topological polar surface area (TPSA) is 51.8 Å². The van der Waals surface area contributed by atoms with Gasteiger partial charge in [-0.05, 0) is 36.4 Å². The van der Waals surface area contributed by atoms with Gasteiger partial charge in [0.05, 0.1) is 0 Å². The second kappa shape index (κ2) is 11.2. The van der Waals surface area contributed by atoms with Crippen LogP contribution < -0.4 is 0 Å². The summed E-state index contributed by atoms with van der Waals surface area (Å²) in [7, 11) is 0. The number of fused-ring (bicyclic) bond motifs is 9. The van der Waals surface area contributed by atoms with E-state index in [1.54, 1.807) is 11.3 Å². The summed E-state index contributed by atoms with van der Waals surface area (Å²) in [6, 6.07) is 53.1. The SMILES string of the molecule is c1ccc(-c2nc(-c3ccc4sc5ccccc5c4c3)nc(-c3cccc4c3sc3c(-c5cccc6c5oc5ccccc56)cccc34)n2)cc1. The van der Waals surface area contributed by atoms with E-state index in [9.17, 15) is 0 Å². The fraction of sp³-hybridized carbons (Fsp3) is 0. The number of thiophene rings is 2. The van der Waals surface area contributed by atoms with Crippen molar-refractivity contribution in [2.75, 3.05) is 0 Å². The molecule has 0 bridgehead atoms. The summed E-state index contributed by atoms with van der Waals surface area (Å²) >= 11 is 3.60. The third-order valence-electron chi connectivity index (χ3n) is 9.76. The molecule has 0 amide bonds. The van der Waals surface area contributed by atoms with Gasteiger partial charge in [0.25, 0.3) is 0 Å². The summed E-state index contributed by atoms with van der Waals surface area (Å²) < 4.78 is 11.4. The first-order valence-corrected chi connectivity index (χ1v) is 18.5. The third kappa shape index (κ3) is 4.47. The minimum Gasteiger partial charge on any atom is -0.455 e. The first-order valence-electron chi connectivity index (χ1n) is 16.9. The van der Waals surface area contributed by atoms with E-state index in [1.807, 2.05) is 41.7 Å². The molecule has 0 N–H and O–H groups in total. The van der Waals surface area contributed by atoms with E-state index in [0.29, 0.717) is 17.5 Å². The Morgan fingerprint density at radius 2 is 0.980 bits per heavy atom. The molecule has 4 nitrogen and oxygen atoms in total. The molecule has 51 heavy (non-hydrogen) atoms. The second-order valence-electron chi connectivity index (χ2n) is 12.7. The monoisotopic (exact) mass is 687 g/mol. The van der Waals surface area contributed by atoms with Crippen molar-refractivity contribution in [3.05, 3.63) is 152 Å². The molecule has 11 rings (SSSR count). The summed E-state index contributed by atoms with van der Waals surface area (Å²) in [6.45, 7) is 0. The molecule has 238 valence electrons. The van der Waals surface area contributed by atoms with Gasteiger partial charge in [0.2, 0.25) is 0 Å². The van der Waals surface area contributed by atoms with Gasteiger partial charge in [0.15, 0.2) is 17.5 Å².